The Morgan fingerprint density at radius 2 is 1.61 bits per heavy atom. The van der Waals surface area contributed by atoms with Gasteiger partial charge in [-0.3, -0.25) is 33.4 Å². The molecular formula is C38H50N8O8. The minimum absolute atomic E-state index is 0.0427. The quantitative estimate of drug-likeness (QED) is 0.323. The topological polar surface area (TPSA) is 192 Å². The lowest BCUT2D eigenvalue weighted by molar-refractivity contribution is -0.158. The first kappa shape index (κ1) is 38.4. The Morgan fingerprint density at radius 1 is 0.889 bits per heavy atom. The van der Waals surface area contributed by atoms with E-state index in [-0.39, 0.29) is 37.8 Å². The van der Waals surface area contributed by atoms with Crippen molar-refractivity contribution in [3.05, 3.63) is 53.9 Å². The maximum atomic E-state index is 14.5. The van der Waals surface area contributed by atoms with Gasteiger partial charge in [0.2, 0.25) is 35.4 Å². The maximum absolute atomic E-state index is 14.5. The number of nitrogens with one attached hydrogen (secondary N) is 3. The third-order valence-corrected chi connectivity index (χ3v) is 10.8. The van der Waals surface area contributed by atoms with E-state index >= 15 is 0 Å². The fourth-order valence-electron chi connectivity index (χ4n) is 8.01. The van der Waals surface area contributed by atoms with Crippen LogP contribution in [0, 0.1) is 5.92 Å². The van der Waals surface area contributed by atoms with Crippen molar-refractivity contribution in [2.75, 3.05) is 26.2 Å². The van der Waals surface area contributed by atoms with Crippen LogP contribution in [0.1, 0.15) is 63.6 Å². The summed E-state index contributed by atoms with van der Waals surface area (Å²) in [7, 11) is 1.73. The summed E-state index contributed by atoms with van der Waals surface area (Å²) in [5.41, 5.74) is 1.26. The molecule has 16 nitrogen and oxygen atoms in total. The van der Waals surface area contributed by atoms with Gasteiger partial charge in [0.05, 0.1) is 12.1 Å². The molecule has 0 bridgehead atoms. The zero-order valence-electron chi connectivity index (χ0n) is 31.1. The molecule has 5 heterocycles. The van der Waals surface area contributed by atoms with Crippen molar-refractivity contribution in [1.82, 2.24) is 40.4 Å². The number of benzene rings is 1. The van der Waals surface area contributed by atoms with Crippen LogP contribution in [0.3, 0.4) is 0 Å². The summed E-state index contributed by atoms with van der Waals surface area (Å²) in [6, 6.07) is 4.58. The van der Waals surface area contributed by atoms with E-state index in [1.54, 1.807) is 30.9 Å². The van der Waals surface area contributed by atoms with Crippen LogP contribution in [0.25, 0.3) is 0 Å². The second kappa shape index (κ2) is 16.8. The van der Waals surface area contributed by atoms with Gasteiger partial charge in [-0.15, -0.1) is 0 Å². The second-order valence-electron chi connectivity index (χ2n) is 15.0. The van der Waals surface area contributed by atoms with Gasteiger partial charge < -0.3 is 35.4 Å². The Morgan fingerprint density at radius 3 is 2.35 bits per heavy atom. The Balaban J connectivity index is 1.29. The minimum Gasteiger partial charge on any atom is -0.461 e. The molecule has 4 fully saturated rings. The van der Waals surface area contributed by atoms with Gasteiger partial charge >= 0.3 is 5.97 Å². The summed E-state index contributed by atoms with van der Waals surface area (Å²) in [4.78, 5) is 101. The Labute approximate surface area is 314 Å². The number of rotatable bonds is 7. The molecule has 0 spiro atoms. The summed E-state index contributed by atoms with van der Waals surface area (Å²) >= 11 is 0. The zero-order valence-corrected chi connectivity index (χ0v) is 31.1. The SMILES string of the molecule is C[C@@H]1C[C@H]2C(=O)OC[C@H](NC(=O)[C@H](Cc3ccccc3)NC(=O)Cc3ccn(C)n3)C(=O)N3CCC[C@H]3C(=O)N3CCCC[C@H]3C(=O)N[C@@H](C)C(=O)N2C1. The van der Waals surface area contributed by atoms with Crippen molar-refractivity contribution in [2.24, 2.45) is 13.0 Å². The van der Waals surface area contributed by atoms with Crippen molar-refractivity contribution >= 4 is 41.4 Å². The van der Waals surface area contributed by atoms with E-state index in [2.05, 4.69) is 21.0 Å². The molecule has 4 aliphatic rings. The molecule has 4 saturated heterocycles. The summed E-state index contributed by atoms with van der Waals surface area (Å²) in [5.74, 6) is -3.86. The highest BCUT2D eigenvalue weighted by molar-refractivity contribution is 5.98. The van der Waals surface area contributed by atoms with Crippen molar-refractivity contribution in [2.45, 2.75) is 101 Å². The number of ether oxygens (including phenoxy) is 1. The molecule has 0 aliphatic carbocycles. The minimum atomic E-state index is -1.42. The Hall–Kier alpha value is -5.28. The monoisotopic (exact) mass is 746 g/mol. The lowest BCUT2D eigenvalue weighted by atomic mass is 9.99. The number of cyclic esters (lactones) is 1. The van der Waals surface area contributed by atoms with Gasteiger partial charge in [-0.2, -0.15) is 5.10 Å². The van der Waals surface area contributed by atoms with Crippen molar-refractivity contribution in [3.8, 4) is 0 Å². The van der Waals surface area contributed by atoms with Gasteiger partial charge in [-0.1, -0.05) is 37.3 Å². The van der Waals surface area contributed by atoms with Crippen LogP contribution in [-0.4, -0.2) is 128 Å². The smallest absolute Gasteiger partial charge is 0.328 e. The van der Waals surface area contributed by atoms with Crippen LogP contribution in [0.2, 0.25) is 0 Å². The number of amides is 6. The predicted molar refractivity (Wildman–Crippen MR) is 193 cm³/mol. The van der Waals surface area contributed by atoms with Crippen molar-refractivity contribution in [3.63, 3.8) is 0 Å². The van der Waals surface area contributed by atoms with Crippen LogP contribution in [0.15, 0.2) is 42.6 Å². The van der Waals surface area contributed by atoms with Crippen LogP contribution >= 0.6 is 0 Å². The average Bonchev–Trinajstić information content (AvgIpc) is 3.91. The molecule has 54 heavy (non-hydrogen) atoms. The third kappa shape index (κ3) is 8.74. The van der Waals surface area contributed by atoms with Crippen LogP contribution in [-0.2, 0) is 58.2 Å². The first-order valence-corrected chi connectivity index (χ1v) is 18.9. The predicted octanol–water partition coefficient (Wildman–Crippen LogP) is -0.154. The van der Waals surface area contributed by atoms with Crippen LogP contribution < -0.4 is 16.0 Å². The summed E-state index contributed by atoms with van der Waals surface area (Å²) in [6.07, 6.45) is 4.69. The Bertz CT molecular complexity index is 1750. The number of fused-ring (bicyclic) bond motifs is 3. The standard InChI is InChI=1S/C38H50N8O8/c1-23-18-31-38(53)54-22-28(41-33(48)27(19-25-10-5-4-6-11-25)40-32(47)20-26-14-17-43(3)42-26)36(51)45-16-9-13-30(45)37(52)44-15-8-7-12-29(44)34(49)39-24(2)35(50)46(31)21-23/h4-6,10-11,14,17,23-24,27-31H,7-9,12-13,15-16,18-22H2,1-3H3,(H,39,49)(H,40,47)(H,41,48)/t23-,24+,27+,28+,29+,30+,31+/m1/s1. The number of hydrogen-bond acceptors (Lipinski definition) is 9. The molecule has 290 valence electrons. The summed E-state index contributed by atoms with van der Waals surface area (Å²) < 4.78 is 7.31. The van der Waals surface area contributed by atoms with Crippen LogP contribution in [0.5, 0.6) is 0 Å². The average molecular weight is 747 g/mol. The van der Waals surface area contributed by atoms with E-state index in [1.807, 2.05) is 37.3 Å². The molecule has 2 aromatic rings. The van der Waals surface area contributed by atoms with Crippen LogP contribution in [0.4, 0.5) is 0 Å². The fraction of sp³-hybridized carbons (Fsp3) is 0.579. The summed E-state index contributed by atoms with van der Waals surface area (Å²) in [6.45, 7) is 3.70. The highest BCUT2D eigenvalue weighted by atomic mass is 16.5. The van der Waals surface area contributed by atoms with Gasteiger partial charge in [0.25, 0.3) is 0 Å². The number of nitrogens with zero attached hydrogens (tertiary/aromatic N) is 5. The molecule has 0 saturated carbocycles. The van der Waals surface area contributed by atoms with E-state index < -0.39 is 78.4 Å². The lowest BCUT2D eigenvalue weighted by Gasteiger charge is -2.39. The van der Waals surface area contributed by atoms with Crippen molar-refractivity contribution in [1.29, 1.82) is 0 Å². The van der Waals surface area contributed by atoms with E-state index in [4.69, 9.17) is 4.74 Å². The molecule has 1 aromatic carbocycles. The van der Waals surface area contributed by atoms with Gasteiger partial charge in [-0.05, 0) is 63.0 Å². The number of piperidine rings is 1. The fourth-order valence-corrected chi connectivity index (χ4v) is 8.01. The van der Waals surface area contributed by atoms with E-state index in [0.29, 0.717) is 50.8 Å². The molecule has 7 atom stereocenters. The highest BCUT2D eigenvalue weighted by Crippen LogP contribution is 2.28. The highest BCUT2D eigenvalue weighted by Gasteiger charge is 2.46. The molecule has 6 rings (SSSR count). The number of aryl methyl sites for hydroxylation is 1. The van der Waals surface area contributed by atoms with E-state index in [0.717, 1.165) is 5.56 Å². The summed E-state index contributed by atoms with van der Waals surface area (Å²) in [5, 5.41) is 12.6. The van der Waals surface area contributed by atoms with E-state index in [9.17, 15) is 33.6 Å². The normalized spacial score (nSPS) is 27.4. The number of esters is 1. The largest absolute Gasteiger partial charge is 0.461 e. The molecule has 1 aromatic heterocycles. The number of carbonyl (C=O) groups is 7. The molecule has 3 N–H and O–H groups in total. The number of hydrogen-bond donors (Lipinski definition) is 3. The van der Waals surface area contributed by atoms with Gasteiger partial charge in [-0.25, -0.2) is 4.79 Å². The van der Waals surface area contributed by atoms with Gasteiger partial charge in [0.1, 0.15) is 42.9 Å². The second-order valence-corrected chi connectivity index (χ2v) is 15.0. The van der Waals surface area contributed by atoms with Crippen molar-refractivity contribution < 1.29 is 38.3 Å². The first-order chi connectivity index (χ1) is 25.9. The first-order valence-electron chi connectivity index (χ1n) is 18.9. The lowest BCUT2D eigenvalue weighted by Crippen LogP contribution is -2.62. The van der Waals surface area contributed by atoms with Gasteiger partial charge in [0, 0.05) is 39.3 Å². The third-order valence-electron chi connectivity index (χ3n) is 10.8. The molecule has 4 aliphatic heterocycles. The molecule has 0 unspecified atom stereocenters. The number of aromatic nitrogens is 2. The van der Waals surface area contributed by atoms with E-state index in [1.165, 1.54) is 14.7 Å². The zero-order chi connectivity index (χ0) is 38.5. The van der Waals surface area contributed by atoms with Gasteiger partial charge in [0.15, 0.2) is 0 Å². The molecule has 16 heteroatoms. The molecule has 6 amide bonds. The molecular weight excluding hydrogens is 696 g/mol. The molecule has 0 radical (unpaired) electrons. The Kier molecular flexibility index (Phi) is 12.0. The maximum Gasteiger partial charge on any atom is 0.328 e. The number of carbonyl (C=O) groups excluding carboxylic acids is 7.